The molecule has 21 heavy (non-hydrogen) atoms. The summed E-state index contributed by atoms with van der Waals surface area (Å²) < 4.78 is 27.4. The topological polar surface area (TPSA) is 12.0 Å². The van der Waals surface area contributed by atoms with Gasteiger partial charge in [0.15, 0.2) is 0 Å². The van der Waals surface area contributed by atoms with E-state index in [0.717, 1.165) is 12.6 Å². The zero-order chi connectivity index (χ0) is 14.7. The Kier molecular flexibility index (Phi) is 4.89. The molecule has 0 spiro atoms. The summed E-state index contributed by atoms with van der Waals surface area (Å²) in [6.45, 7) is 0.831. The summed E-state index contributed by atoms with van der Waals surface area (Å²) >= 11 is 0. The van der Waals surface area contributed by atoms with Crippen LogP contribution in [0.15, 0.2) is 18.2 Å². The molecule has 3 rings (SSSR count). The van der Waals surface area contributed by atoms with Crippen LogP contribution in [0.5, 0.6) is 0 Å². The van der Waals surface area contributed by atoms with E-state index in [-0.39, 0.29) is 11.7 Å². The maximum atomic E-state index is 14.2. The Morgan fingerprint density at radius 1 is 1.00 bits per heavy atom. The van der Waals surface area contributed by atoms with Crippen molar-refractivity contribution >= 4 is 0 Å². The molecule has 1 nitrogen and oxygen atoms in total. The molecule has 0 aliphatic heterocycles. The third-order valence-electron chi connectivity index (χ3n) is 5.03. The highest BCUT2D eigenvalue weighted by atomic mass is 19.1. The molecule has 1 N–H and O–H groups in total. The summed E-state index contributed by atoms with van der Waals surface area (Å²) in [5.74, 6) is -0.143. The molecule has 2 aliphatic carbocycles. The van der Waals surface area contributed by atoms with Gasteiger partial charge in [-0.1, -0.05) is 31.7 Å². The van der Waals surface area contributed by atoms with Crippen LogP contribution < -0.4 is 5.32 Å². The fraction of sp³-hybridized carbons (Fsp3) is 0.667. The minimum Gasteiger partial charge on any atom is -0.313 e. The van der Waals surface area contributed by atoms with E-state index in [4.69, 9.17) is 0 Å². The Bertz CT molecular complexity index is 462. The van der Waals surface area contributed by atoms with E-state index < -0.39 is 5.82 Å². The lowest BCUT2D eigenvalue weighted by atomic mass is 9.81. The number of hydrogen-bond acceptors (Lipinski definition) is 1. The Hall–Kier alpha value is -0.960. The van der Waals surface area contributed by atoms with E-state index in [1.807, 2.05) is 0 Å². The normalized spacial score (nSPS) is 22.0. The average molecular weight is 293 g/mol. The van der Waals surface area contributed by atoms with E-state index in [9.17, 15) is 8.78 Å². The third-order valence-corrected chi connectivity index (χ3v) is 5.03. The molecule has 2 saturated carbocycles. The maximum absolute atomic E-state index is 14.2. The van der Waals surface area contributed by atoms with Crippen LogP contribution in [0.3, 0.4) is 0 Å². The van der Waals surface area contributed by atoms with Crippen LogP contribution in [0, 0.1) is 17.6 Å². The molecular weight excluding hydrogens is 268 g/mol. The van der Waals surface area contributed by atoms with Crippen LogP contribution in [-0.4, -0.2) is 12.6 Å². The molecule has 1 aromatic rings. The molecule has 0 saturated heterocycles. The van der Waals surface area contributed by atoms with Gasteiger partial charge in [-0.3, -0.25) is 0 Å². The number of hydrogen-bond donors (Lipinski definition) is 1. The van der Waals surface area contributed by atoms with Crippen LogP contribution in [0.1, 0.15) is 62.8 Å². The first kappa shape index (κ1) is 15.0. The second-order valence-electron chi connectivity index (χ2n) is 6.71. The first-order chi connectivity index (χ1) is 10.2. The lowest BCUT2D eigenvalue weighted by Crippen LogP contribution is -2.29. The third kappa shape index (κ3) is 4.03. The van der Waals surface area contributed by atoms with Gasteiger partial charge in [-0.2, -0.15) is 0 Å². The second-order valence-corrected chi connectivity index (χ2v) is 6.71. The number of rotatable bonds is 5. The van der Waals surface area contributed by atoms with E-state index in [2.05, 4.69) is 5.32 Å². The largest absolute Gasteiger partial charge is 0.313 e. The highest BCUT2D eigenvalue weighted by Gasteiger charge is 2.29. The predicted octanol–water partition coefficient (Wildman–Crippen LogP) is 4.77. The molecule has 2 aliphatic rings. The molecule has 0 bridgehead atoms. The average Bonchev–Trinajstić information content (AvgIpc) is 3.28. The van der Waals surface area contributed by atoms with Gasteiger partial charge in [0.1, 0.15) is 11.6 Å². The highest BCUT2D eigenvalue weighted by Crippen LogP contribution is 2.36. The Morgan fingerprint density at radius 3 is 2.33 bits per heavy atom. The monoisotopic (exact) mass is 293 g/mol. The van der Waals surface area contributed by atoms with E-state index >= 15 is 0 Å². The summed E-state index contributed by atoms with van der Waals surface area (Å²) in [6.07, 6.45) is 9.91. The molecule has 0 heterocycles. The van der Waals surface area contributed by atoms with Gasteiger partial charge in [-0.05, 0) is 43.2 Å². The van der Waals surface area contributed by atoms with Crippen LogP contribution in [0.25, 0.3) is 0 Å². The van der Waals surface area contributed by atoms with Crippen LogP contribution in [0.4, 0.5) is 8.78 Å². The minimum atomic E-state index is -0.481. The summed E-state index contributed by atoms with van der Waals surface area (Å²) in [6, 6.07) is 4.73. The van der Waals surface area contributed by atoms with E-state index in [1.54, 1.807) is 6.07 Å². The summed E-state index contributed by atoms with van der Waals surface area (Å²) in [5.41, 5.74) is 0.705. The SMILES string of the molecule is Fc1ccc(C(CNC2CC2)C2CCCCCC2)c(F)c1. The molecule has 1 unspecified atom stereocenters. The van der Waals surface area contributed by atoms with Gasteiger partial charge in [0.2, 0.25) is 0 Å². The highest BCUT2D eigenvalue weighted by molar-refractivity contribution is 5.24. The number of halogens is 2. The van der Waals surface area contributed by atoms with Crippen molar-refractivity contribution in [1.82, 2.24) is 5.32 Å². The first-order valence-corrected chi connectivity index (χ1v) is 8.42. The maximum Gasteiger partial charge on any atom is 0.129 e. The number of nitrogens with one attached hydrogen (secondary N) is 1. The molecule has 0 radical (unpaired) electrons. The zero-order valence-corrected chi connectivity index (χ0v) is 12.6. The van der Waals surface area contributed by atoms with Crippen molar-refractivity contribution < 1.29 is 8.78 Å². The van der Waals surface area contributed by atoms with Gasteiger partial charge in [0, 0.05) is 24.6 Å². The molecule has 1 aromatic carbocycles. The van der Waals surface area contributed by atoms with Crippen molar-refractivity contribution in [2.75, 3.05) is 6.54 Å². The molecule has 116 valence electrons. The summed E-state index contributed by atoms with van der Waals surface area (Å²) in [7, 11) is 0. The zero-order valence-electron chi connectivity index (χ0n) is 12.6. The van der Waals surface area contributed by atoms with Gasteiger partial charge in [-0.15, -0.1) is 0 Å². The van der Waals surface area contributed by atoms with E-state index in [0.29, 0.717) is 17.5 Å². The summed E-state index contributed by atoms with van der Waals surface area (Å²) in [5, 5.41) is 3.55. The predicted molar refractivity (Wildman–Crippen MR) is 81.3 cm³/mol. The fourth-order valence-electron chi connectivity index (χ4n) is 3.63. The van der Waals surface area contributed by atoms with Crippen molar-refractivity contribution in [3.8, 4) is 0 Å². The van der Waals surface area contributed by atoms with E-state index in [1.165, 1.54) is 57.4 Å². The molecule has 2 fully saturated rings. The lowest BCUT2D eigenvalue weighted by Gasteiger charge is -2.27. The second kappa shape index (κ2) is 6.87. The number of benzene rings is 1. The van der Waals surface area contributed by atoms with Crippen LogP contribution >= 0.6 is 0 Å². The molecule has 3 heteroatoms. The minimum absolute atomic E-state index is 0.185. The lowest BCUT2D eigenvalue weighted by molar-refractivity contribution is 0.351. The Labute approximate surface area is 126 Å². The van der Waals surface area contributed by atoms with Crippen molar-refractivity contribution in [1.29, 1.82) is 0 Å². The van der Waals surface area contributed by atoms with Crippen LogP contribution in [-0.2, 0) is 0 Å². The first-order valence-electron chi connectivity index (χ1n) is 8.42. The Balaban J connectivity index is 1.78. The molecule has 1 atom stereocenters. The Morgan fingerprint density at radius 2 is 1.71 bits per heavy atom. The summed E-state index contributed by atoms with van der Waals surface area (Å²) in [4.78, 5) is 0. The van der Waals surface area contributed by atoms with Gasteiger partial charge in [0.25, 0.3) is 0 Å². The van der Waals surface area contributed by atoms with Crippen molar-refractivity contribution in [3.05, 3.63) is 35.4 Å². The standard InChI is InChI=1S/C18H25F2N/c19-14-7-10-16(18(20)11-14)17(12-21-15-8-9-15)13-5-3-1-2-4-6-13/h7,10-11,13,15,17,21H,1-6,8-9,12H2. The quantitative estimate of drug-likeness (QED) is 0.771. The molecule has 0 amide bonds. The van der Waals surface area contributed by atoms with Gasteiger partial charge >= 0.3 is 0 Å². The van der Waals surface area contributed by atoms with Gasteiger partial charge < -0.3 is 5.32 Å². The smallest absolute Gasteiger partial charge is 0.129 e. The molecular formula is C18H25F2N. The fourth-order valence-corrected chi connectivity index (χ4v) is 3.63. The van der Waals surface area contributed by atoms with Gasteiger partial charge in [-0.25, -0.2) is 8.78 Å². The van der Waals surface area contributed by atoms with Gasteiger partial charge in [0.05, 0.1) is 0 Å². The van der Waals surface area contributed by atoms with Crippen molar-refractivity contribution in [2.45, 2.75) is 63.3 Å². The van der Waals surface area contributed by atoms with Crippen molar-refractivity contribution in [2.24, 2.45) is 5.92 Å². The van der Waals surface area contributed by atoms with Crippen molar-refractivity contribution in [3.63, 3.8) is 0 Å². The van der Waals surface area contributed by atoms with Crippen LogP contribution in [0.2, 0.25) is 0 Å². The molecule has 0 aromatic heterocycles.